The second-order valence-corrected chi connectivity index (χ2v) is 4.76. The summed E-state index contributed by atoms with van der Waals surface area (Å²) < 4.78 is 15.8. The van der Waals surface area contributed by atoms with Gasteiger partial charge in [-0.15, -0.1) is 10.2 Å². The van der Waals surface area contributed by atoms with E-state index in [1.807, 2.05) is 24.3 Å². The molecule has 0 saturated carbocycles. The van der Waals surface area contributed by atoms with Crippen molar-refractivity contribution in [3.8, 4) is 34.4 Å². The number of carbonyl (C=O) groups excluding carboxylic acids is 1. The van der Waals surface area contributed by atoms with Gasteiger partial charge in [-0.2, -0.15) is 0 Å². The lowest BCUT2D eigenvalue weighted by atomic mass is 10.2. The molecule has 0 aliphatic carbocycles. The fourth-order valence-electron chi connectivity index (χ4n) is 2.02. The van der Waals surface area contributed by atoms with Crippen LogP contribution in [0.5, 0.6) is 11.5 Å². The Morgan fingerprint density at radius 3 is 1.78 bits per heavy atom. The number of nitrogens with zero attached hydrogens (tertiary/aromatic N) is 2. The van der Waals surface area contributed by atoms with E-state index in [0.29, 0.717) is 17.5 Å². The maximum atomic E-state index is 10.9. The number of hydrogen-bond donors (Lipinski definition) is 0. The van der Waals surface area contributed by atoms with Gasteiger partial charge in [0.05, 0.1) is 7.11 Å². The number of esters is 1. The van der Waals surface area contributed by atoms with Gasteiger partial charge in [-0.05, 0) is 48.5 Å². The van der Waals surface area contributed by atoms with Crippen LogP contribution in [-0.4, -0.2) is 23.3 Å². The molecule has 23 heavy (non-hydrogen) atoms. The number of benzene rings is 2. The molecule has 0 fully saturated rings. The van der Waals surface area contributed by atoms with Crippen molar-refractivity contribution in [1.82, 2.24) is 10.2 Å². The number of carbonyl (C=O) groups is 1. The molecule has 0 radical (unpaired) electrons. The van der Waals surface area contributed by atoms with Crippen molar-refractivity contribution < 1.29 is 18.7 Å². The molecule has 6 heteroatoms. The molecule has 1 aromatic heterocycles. The zero-order chi connectivity index (χ0) is 16.2. The van der Waals surface area contributed by atoms with Crippen LogP contribution in [0.2, 0.25) is 0 Å². The molecule has 0 aliphatic rings. The molecule has 3 aromatic rings. The smallest absolute Gasteiger partial charge is 0.308 e. The first-order chi connectivity index (χ1) is 11.2. The van der Waals surface area contributed by atoms with Crippen LogP contribution >= 0.6 is 0 Å². The Morgan fingerprint density at radius 2 is 1.35 bits per heavy atom. The highest BCUT2D eigenvalue weighted by Gasteiger charge is 2.11. The van der Waals surface area contributed by atoms with E-state index in [1.54, 1.807) is 31.4 Å². The average Bonchev–Trinajstić information content (AvgIpc) is 3.05. The van der Waals surface area contributed by atoms with Crippen LogP contribution in [0.4, 0.5) is 0 Å². The Bertz CT molecular complexity index is 807. The van der Waals surface area contributed by atoms with Crippen LogP contribution < -0.4 is 9.47 Å². The monoisotopic (exact) mass is 310 g/mol. The molecule has 2 aromatic carbocycles. The maximum absolute atomic E-state index is 10.9. The summed E-state index contributed by atoms with van der Waals surface area (Å²) in [6.07, 6.45) is 0. The third-order valence-electron chi connectivity index (χ3n) is 3.12. The molecule has 0 saturated heterocycles. The van der Waals surface area contributed by atoms with E-state index in [1.165, 1.54) is 6.92 Å². The summed E-state index contributed by atoms with van der Waals surface area (Å²) in [7, 11) is 1.61. The minimum absolute atomic E-state index is 0.364. The second kappa shape index (κ2) is 6.31. The maximum Gasteiger partial charge on any atom is 0.308 e. The van der Waals surface area contributed by atoms with Gasteiger partial charge in [0, 0.05) is 18.1 Å². The van der Waals surface area contributed by atoms with E-state index >= 15 is 0 Å². The lowest BCUT2D eigenvalue weighted by Gasteiger charge is -2.01. The quantitative estimate of drug-likeness (QED) is 0.543. The first-order valence-corrected chi connectivity index (χ1v) is 6.92. The van der Waals surface area contributed by atoms with Crippen LogP contribution in [0.1, 0.15) is 6.92 Å². The molecule has 0 aliphatic heterocycles. The van der Waals surface area contributed by atoms with Crippen molar-refractivity contribution in [2.24, 2.45) is 0 Å². The largest absolute Gasteiger partial charge is 0.497 e. The summed E-state index contributed by atoms with van der Waals surface area (Å²) >= 11 is 0. The van der Waals surface area contributed by atoms with Crippen molar-refractivity contribution in [3.05, 3.63) is 48.5 Å². The highest BCUT2D eigenvalue weighted by Crippen LogP contribution is 2.26. The molecular weight excluding hydrogens is 296 g/mol. The lowest BCUT2D eigenvalue weighted by Crippen LogP contribution is -2.00. The molecular formula is C17H14N2O4. The van der Waals surface area contributed by atoms with E-state index in [0.717, 1.165) is 16.9 Å². The van der Waals surface area contributed by atoms with E-state index in [-0.39, 0.29) is 5.97 Å². The zero-order valence-corrected chi connectivity index (χ0v) is 12.6. The van der Waals surface area contributed by atoms with Gasteiger partial charge >= 0.3 is 5.97 Å². The predicted molar refractivity (Wildman–Crippen MR) is 83.0 cm³/mol. The van der Waals surface area contributed by atoms with Gasteiger partial charge in [0.1, 0.15) is 11.5 Å². The zero-order valence-electron chi connectivity index (χ0n) is 12.6. The van der Waals surface area contributed by atoms with Gasteiger partial charge in [-0.25, -0.2) is 0 Å². The van der Waals surface area contributed by atoms with Gasteiger partial charge in [-0.3, -0.25) is 4.79 Å². The molecule has 0 spiro atoms. The molecule has 0 bridgehead atoms. The summed E-state index contributed by atoms with van der Waals surface area (Å²) in [4.78, 5) is 10.9. The number of methoxy groups -OCH3 is 1. The third kappa shape index (κ3) is 3.37. The SMILES string of the molecule is COc1ccc(-c2nnc(-c3ccc(OC(C)=O)cc3)o2)cc1. The average molecular weight is 310 g/mol. The number of ether oxygens (including phenoxy) is 2. The van der Waals surface area contributed by atoms with Crippen LogP contribution in [0.15, 0.2) is 52.9 Å². The molecule has 0 atom stereocenters. The molecule has 1 heterocycles. The van der Waals surface area contributed by atoms with E-state index < -0.39 is 0 Å². The fourth-order valence-corrected chi connectivity index (χ4v) is 2.02. The molecule has 3 rings (SSSR count). The Balaban J connectivity index is 1.81. The highest BCUT2D eigenvalue weighted by atomic mass is 16.5. The first kappa shape index (κ1) is 14.8. The molecule has 0 N–H and O–H groups in total. The van der Waals surface area contributed by atoms with Crippen molar-refractivity contribution in [3.63, 3.8) is 0 Å². The standard InChI is InChI=1S/C17H14N2O4/c1-11(20)22-15-9-5-13(6-10-15)17-19-18-16(23-17)12-3-7-14(21-2)8-4-12/h3-10H,1-2H3. The van der Waals surface area contributed by atoms with Crippen molar-refractivity contribution in [2.45, 2.75) is 6.92 Å². The van der Waals surface area contributed by atoms with Gasteiger partial charge in [-0.1, -0.05) is 0 Å². The fraction of sp³-hybridized carbons (Fsp3) is 0.118. The summed E-state index contributed by atoms with van der Waals surface area (Å²) in [5, 5.41) is 8.09. The first-order valence-electron chi connectivity index (χ1n) is 6.92. The van der Waals surface area contributed by atoms with E-state index in [2.05, 4.69) is 10.2 Å². The lowest BCUT2D eigenvalue weighted by molar-refractivity contribution is -0.131. The van der Waals surface area contributed by atoms with Gasteiger partial charge in [0.2, 0.25) is 11.8 Å². The van der Waals surface area contributed by atoms with Crippen LogP contribution in [0.3, 0.4) is 0 Å². The summed E-state index contributed by atoms with van der Waals surface area (Å²) in [5.41, 5.74) is 1.55. The van der Waals surface area contributed by atoms with Crippen LogP contribution in [0, 0.1) is 0 Å². The summed E-state index contributed by atoms with van der Waals surface area (Å²) in [5.74, 6) is 1.68. The molecule has 116 valence electrons. The van der Waals surface area contributed by atoms with E-state index in [9.17, 15) is 4.79 Å². The van der Waals surface area contributed by atoms with Crippen molar-refractivity contribution in [2.75, 3.05) is 7.11 Å². The normalized spacial score (nSPS) is 10.3. The van der Waals surface area contributed by atoms with Gasteiger partial charge < -0.3 is 13.9 Å². The molecule has 0 unspecified atom stereocenters. The molecule has 6 nitrogen and oxygen atoms in total. The van der Waals surface area contributed by atoms with Crippen LogP contribution in [-0.2, 0) is 4.79 Å². The Kier molecular flexibility index (Phi) is 4.05. The topological polar surface area (TPSA) is 74.5 Å². The minimum atomic E-state index is -0.364. The highest BCUT2D eigenvalue weighted by molar-refractivity contribution is 5.69. The Labute approximate surface area is 132 Å². The van der Waals surface area contributed by atoms with Crippen molar-refractivity contribution in [1.29, 1.82) is 0 Å². The van der Waals surface area contributed by atoms with Gasteiger partial charge in [0.15, 0.2) is 0 Å². The Hall–Kier alpha value is -3.15. The minimum Gasteiger partial charge on any atom is -0.497 e. The number of hydrogen-bond acceptors (Lipinski definition) is 6. The number of aromatic nitrogens is 2. The molecule has 0 amide bonds. The van der Waals surface area contributed by atoms with Gasteiger partial charge in [0.25, 0.3) is 0 Å². The summed E-state index contributed by atoms with van der Waals surface area (Å²) in [6.45, 7) is 1.35. The second-order valence-electron chi connectivity index (χ2n) is 4.76. The van der Waals surface area contributed by atoms with Crippen molar-refractivity contribution >= 4 is 5.97 Å². The summed E-state index contributed by atoms with van der Waals surface area (Å²) in [6, 6.07) is 14.2. The number of rotatable bonds is 4. The van der Waals surface area contributed by atoms with Crippen LogP contribution in [0.25, 0.3) is 22.9 Å². The third-order valence-corrected chi connectivity index (χ3v) is 3.12. The predicted octanol–water partition coefficient (Wildman–Crippen LogP) is 3.34. The van der Waals surface area contributed by atoms with E-state index in [4.69, 9.17) is 13.9 Å². The Morgan fingerprint density at radius 1 is 0.870 bits per heavy atom.